The molecule has 11 heteroatoms. The van der Waals surface area contributed by atoms with Crippen molar-refractivity contribution in [3.8, 4) is 28.0 Å². The number of thiophene rings is 2. The average molecular weight is 487 g/mol. The average Bonchev–Trinajstić information content (AvgIpc) is 3.55. The van der Waals surface area contributed by atoms with E-state index in [1.807, 2.05) is 0 Å². The zero-order valence-electron chi connectivity index (χ0n) is 17.2. The third kappa shape index (κ3) is 3.02. The first-order valence-corrected chi connectivity index (χ1v) is 11.6. The van der Waals surface area contributed by atoms with Gasteiger partial charge in [0.05, 0.1) is 20.8 Å². The molecule has 6 rings (SSSR count). The molecule has 0 unspecified atom stereocenters. The van der Waals surface area contributed by atoms with Gasteiger partial charge in [0.1, 0.15) is 21.0 Å². The lowest BCUT2D eigenvalue weighted by Gasteiger charge is -2.06. The van der Waals surface area contributed by atoms with E-state index in [1.54, 1.807) is 48.9 Å². The number of phenols is 1. The first-order valence-electron chi connectivity index (χ1n) is 9.99. The van der Waals surface area contributed by atoms with Gasteiger partial charge in [-0.05, 0) is 30.3 Å². The largest absolute Gasteiger partial charge is 0.506 e. The summed E-state index contributed by atoms with van der Waals surface area (Å²) in [5.74, 6) is 0.375. The second-order valence-corrected chi connectivity index (χ2v) is 9.66. The Balaban J connectivity index is 1.42. The summed E-state index contributed by atoms with van der Waals surface area (Å²) < 4.78 is 6.60. The molecule has 0 amide bonds. The lowest BCUT2D eigenvalue weighted by atomic mass is 10.0. The summed E-state index contributed by atoms with van der Waals surface area (Å²) in [5.41, 5.74) is 15.0. The number of hydrogen-bond acceptors (Lipinski definition) is 11. The molecule has 5 heterocycles. The fourth-order valence-electron chi connectivity index (χ4n) is 3.74. The van der Waals surface area contributed by atoms with Crippen LogP contribution in [-0.4, -0.2) is 31.1 Å². The van der Waals surface area contributed by atoms with Crippen LogP contribution in [0, 0.1) is 0 Å². The van der Waals surface area contributed by atoms with Gasteiger partial charge in [0.2, 0.25) is 11.7 Å². The van der Waals surface area contributed by atoms with E-state index in [9.17, 15) is 9.90 Å². The molecule has 0 saturated heterocycles. The number of phenolic OH excluding ortho intramolecular Hbond substituents is 1. The Morgan fingerprint density at radius 2 is 1.74 bits per heavy atom. The molecule has 0 bridgehead atoms. The molecule has 1 aromatic carbocycles. The van der Waals surface area contributed by atoms with E-state index >= 15 is 0 Å². The highest BCUT2D eigenvalue weighted by molar-refractivity contribution is 7.41. The van der Waals surface area contributed by atoms with Crippen molar-refractivity contribution in [1.29, 1.82) is 0 Å². The molecule has 0 radical (unpaired) electrons. The molecule has 0 aliphatic rings. The van der Waals surface area contributed by atoms with E-state index in [0.29, 0.717) is 48.9 Å². The molecule has 0 fully saturated rings. The van der Waals surface area contributed by atoms with Crippen LogP contribution >= 0.6 is 22.7 Å². The molecule has 0 aliphatic carbocycles. The van der Waals surface area contributed by atoms with Crippen molar-refractivity contribution >= 4 is 60.1 Å². The molecule has 34 heavy (non-hydrogen) atoms. The van der Waals surface area contributed by atoms with Crippen LogP contribution in [0.4, 0.5) is 11.4 Å². The number of pyridine rings is 2. The van der Waals surface area contributed by atoms with Gasteiger partial charge in [-0.15, -0.1) is 32.9 Å². The van der Waals surface area contributed by atoms with Crippen LogP contribution < -0.4 is 11.5 Å². The SMILES string of the molecule is Nc1c(C(=O)c2ccc(O)c3ncccc23)sc2sc(-c3nnc(-c4ccncc4)o3)c(N)c12. The van der Waals surface area contributed by atoms with Crippen molar-refractivity contribution in [1.82, 2.24) is 20.2 Å². The number of nitrogens with zero attached hydrogens (tertiary/aromatic N) is 4. The minimum Gasteiger partial charge on any atom is -0.506 e. The maximum absolute atomic E-state index is 13.4. The predicted octanol–water partition coefficient (Wildman–Crippen LogP) is 4.72. The van der Waals surface area contributed by atoms with Gasteiger partial charge >= 0.3 is 0 Å². The molecule has 5 N–H and O–H groups in total. The minimum absolute atomic E-state index is 0.00635. The number of carbonyl (C=O) groups excluding carboxylic acids is 1. The summed E-state index contributed by atoms with van der Waals surface area (Å²) in [6.45, 7) is 0. The number of carbonyl (C=O) groups is 1. The Labute approximate surface area is 199 Å². The smallest absolute Gasteiger partial charge is 0.260 e. The van der Waals surface area contributed by atoms with Gasteiger partial charge in [0, 0.05) is 35.1 Å². The molecular weight excluding hydrogens is 472 g/mol. The molecule has 6 aromatic rings. The quantitative estimate of drug-likeness (QED) is 0.300. The topological polar surface area (TPSA) is 154 Å². The number of hydrogen-bond donors (Lipinski definition) is 3. The van der Waals surface area contributed by atoms with E-state index < -0.39 is 0 Å². The van der Waals surface area contributed by atoms with Crippen molar-refractivity contribution in [3.05, 3.63) is 65.4 Å². The van der Waals surface area contributed by atoms with Crippen molar-refractivity contribution in [2.45, 2.75) is 0 Å². The van der Waals surface area contributed by atoms with Crippen molar-refractivity contribution in [2.24, 2.45) is 0 Å². The first-order chi connectivity index (χ1) is 16.5. The molecule has 0 atom stereocenters. The summed E-state index contributed by atoms with van der Waals surface area (Å²) in [5, 5.41) is 19.5. The number of benzene rings is 1. The number of nitrogens with two attached hydrogens (primary N) is 2. The lowest BCUT2D eigenvalue weighted by Crippen LogP contribution is -2.03. The second-order valence-electron chi connectivity index (χ2n) is 7.36. The Bertz CT molecular complexity index is 1720. The number of ketones is 1. The summed E-state index contributed by atoms with van der Waals surface area (Å²) >= 11 is 2.59. The summed E-state index contributed by atoms with van der Waals surface area (Å²) in [6, 6.07) is 10.0. The molecule has 0 aliphatic heterocycles. The van der Waals surface area contributed by atoms with Crippen molar-refractivity contribution < 1.29 is 14.3 Å². The lowest BCUT2D eigenvalue weighted by molar-refractivity contribution is 0.104. The Morgan fingerprint density at radius 1 is 0.941 bits per heavy atom. The number of rotatable bonds is 4. The van der Waals surface area contributed by atoms with Crippen LogP contribution in [-0.2, 0) is 0 Å². The van der Waals surface area contributed by atoms with E-state index in [-0.39, 0.29) is 17.4 Å². The third-order valence-electron chi connectivity index (χ3n) is 5.37. The molecule has 9 nitrogen and oxygen atoms in total. The highest BCUT2D eigenvalue weighted by atomic mass is 32.2. The van der Waals surface area contributed by atoms with Crippen LogP contribution in [0.2, 0.25) is 0 Å². The maximum Gasteiger partial charge on any atom is 0.260 e. The highest BCUT2D eigenvalue weighted by Gasteiger charge is 2.26. The number of aromatic nitrogens is 4. The van der Waals surface area contributed by atoms with Crippen LogP contribution in [0.25, 0.3) is 42.5 Å². The molecule has 166 valence electrons. The zero-order chi connectivity index (χ0) is 23.4. The van der Waals surface area contributed by atoms with Gasteiger partial charge in [-0.2, -0.15) is 0 Å². The zero-order valence-corrected chi connectivity index (χ0v) is 18.9. The van der Waals surface area contributed by atoms with E-state index in [0.717, 1.165) is 9.58 Å². The second kappa shape index (κ2) is 7.61. The van der Waals surface area contributed by atoms with E-state index in [1.165, 1.54) is 28.7 Å². The van der Waals surface area contributed by atoms with Gasteiger partial charge < -0.3 is 21.0 Å². The highest BCUT2D eigenvalue weighted by Crippen LogP contribution is 2.49. The van der Waals surface area contributed by atoms with Gasteiger partial charge in [0.25, 0.3) is 5.89 Å². The number of aromatic hydroxyl groups is 1. The van der Waals surface area contributed by atoms with Crippen LogP contribution in [0.15, 0.2) is 59.4 Å². The van der Waals surface area contributed by atoms with Crippen LogP contribution in [0.1, 0.15) is 15.2 Å². The summed E-state index contributed by atoms with van der Waals surface area (Å²) in [4.78, 5) is 22.6. The minimum atomic E-state index is -0.261. The summed E-state index contributed by atoms with van der Waals surface area (Å²) in [7, 11) is 0. The van der Waals surface area contributed by atoms with E-state index in [2.05, 4.69) is 20.2 Å². The Kier molecular flexibility index (Phi) is 4.54. The fraction of sp³-hybridized carbons (Fsp3) is 0. The molecule has 0 spiro atoms. The van der Waals surface area contributed by atoms with Crippen molar-refractivity contribution in [2.75, 3.05) is 11.5 Å². The number of fused-ring (bicyclic) bond motifs is 2. The number of nitrogen functional groups attached to an aromatic ring is 2. The number of anilines is 2. The van der Waals surface area contributed by atoms with Gasteiger partial charge in [-0.25, -0.2) is 0 Å². The Morgan fingerprint density at radius 3 is 2.53 bits per heavy atom. The van der Waals surface area contributed by atoms with Gasteiger partial charge in [0.15, 0.2) is 0 Å². The first kappa shape index (κ1) is 20.3. The predicted molar refractivity (Wildman–Crippen MR) is 132 cm³/mol. The molecular formula is C23H14N6O3S2. The summed E-state index contributed by atoms with van der Waals surface area (Å²) in [6.07, 6.45) is 4.84. The third-order valence-corrected chi connectivity index (χ3v) is 7.85. The van der Waals surface area contributed by atoms with Gasteiger partial charge in [-0.3, -0.25) is 14.8 Å². The van der Waals surface area contributed by atoms with E-state index in [4.69, 9.17) is 15.9 Å². The normalized spacial score (nSPS) is 11.4. The molecule has 0 saturated carbocycles. The standard InChI is InChI=1S/C23H14N6O3S2/c24-15-14-16(25)20(22-29-28-21(32-22)10-5-8-26-9-6-10)34-23(14)33-19(15)18(31)12-3-4-13(30)17-11(12)2-1-7-27-17/h1-9,30H,24-25H2. The van der Waals surface area contributed by atoms with Crippen molar-refractivity contribution in [3.63, 3.8) is 0 Å². The maximum atomic E-state index is 13.4. The molecule has 5 aromatic heterocycles. The van der Waals surface area contributed by atoms with Crippen LogP contribution in [0.3, 0.4) is 0 Å². The van der Waals surface area contributed by atoms with Gasteiger partial charge in [-0.1, -0.05) is 6.07 Å². The fourth-order valence-corrected chi connectivity index (χ4v) is 6.22. The Hall–Kier alpha value is -4.35. The monoisotopic (exact) mass is 486 g/mol. The van der Waals surface area contributed by atoms with Crippen LogP contribution in [0.5, 0.6) is 5.75 Å².